The number of aromatic hydroxyl groups is 1. The first-order valence-corrected chi connectivity index (χ1v) is 5.64. The van der Waals surface area contributed by atoms with E-state index in [2.05, 4.69) is 24.0 Å². The first-order valence-electron chi connectivity index (χ1n) is 4.76. The molecule has 5 heteroatoms. The van der Waals surface area contributed by atoms with E-state index in [0.717, 1.165) is 6.42 Å². The van der Waals surface area contributed by atoms with E-state index in [1.807, 2.05) is 0 Å². The molecule has 15 heavy (non-hydrogen) atoms. The van der Waals surface area contributed by atoms with Gasteiger partial charge >= 0.3 is 0 Å². The van der Waals surface area contributed by atoms with Crippen LogP contribution in [0, 0.1) is 5.92 Å². The van der Waals surface area contributed by atoms with E-state index < -0.39 is 0 Å². The molecule has 4 nitrogen and oxygen atoms in total. The molecule has 0 atom stereocenters. The second kappa shape index (κ2) is 4.02. The molecule has 0 saturated heterocycles. The summed E-state index contributed by atoms with van der Waals surface area (Å²) in [5.41, 5.74) is 0. The van der Waals surface area contributed by atoms with Crippen molar-refractivity contribution in [3.05, 3.63) is 17.3 Å². The Morgan fingerprint density at radius 1 is 1.53 bits per heavy atom. The fraction of sp³-hybridized carbons (Fsp3) is 0.400. The Balaban J connectivity index is 2.24. The van der Waals surface area contributed by atoms with E-state index in [9.17, 15) is 5.11 Å². The molecule has 0 aromatic carbocycles. The van der Waals surface area contributed by atoms with Gasteiger partial charge in [-0.1, -0.05) is 19.0 Å². The summed E-state index contributed by atoms with van der Waals surface area (Å²) in [5.74, 6) is 1.78. The fourth-order valence-electron chi connectivity index (χ4n) is 1.26. The Kier molecular flexibility index (Phi) is 2.73. The largest absolute Gasteiger partial charge is 0.506 e. The smallest absolute Gasteiger partial charge is 0.271 e. The first kappa shape index (κ1) is 10.2. The van der Waals surface area contributed by atoms with Gasteiger partial charge in [0.1, 0.15) is 10.6 Å². The number of hydrogen-bond donors (Lipinski definition) is 1. The van der Waals surface area contributed by atoms with Gasteiger partial charge in [-0.05, 0) is 17.4 Å². The lowest BCUT2D eigenvalue weighted by Gasteiger charge is -1.95. The minimum Gasteiger partial charge on any atom is -0.506 e. The van der Waals surface area contributed by atoms with E-state index in [-0.39, 0.29) is 5.75 Å². The van der Waals surface area contributed by atoms with Crippen molar-refractivity contribution < 1.29 is 9.63 Å². The molecule has 1 N–H and O–H groups in total. The highest BCUT2D eigenvalue weighted by Gasteiger charge is 2.14. The van der Waals surface area contributed by atoms with Crippen molar-refractivity contribution in [1.29, 1.82) is 0 Å². The second-order valence-corrected chi connectivity index (χ2v) is 4.66. The highest BCUT2D eigenvalue weighted by Crippen LogP contribution is 2.33. The van der Waals surface area contributed by atoms with Crippen LogP contribution in [0.25, 0.3) is 10.8 Å². The summed E-state index contributed by atoms with van der Waals surface area (Å²) in [5, 5.41) is 15.1. The Hall–Kier alpha value is -1.36. The molecule has 2 heterocycles. The minimum absolute atomic E-state index is 0.194. The molecule has 0 aliphatic rings. The third kappa shape index (κ3) is 2.18. The lowest BCUT2D eigenvalue weighted by molar-refractivity contribution is 0.414. The summed E-state index contributed by atoms with van der Waals surface area (Å²) < 4.78 is 5.08. The van der Waals surface area contributed by atoms with Crippen molar-refractivity contribution in [2.45, 2.75) is 20.3 Å². The molecule has 0 saturated carbocycles. The first-order chi connectivity index (χ1) is 7.16. The Morgan fingerprint density at radius 2 is 2.33 bits per heavy atom. The molecule has 0 amide bonds. The molecular formula is C10H12N2O2S. The number of aromatic nitrogens is 2. The number of nitrogens with zero attached hydrogens (tertiary/aromatic N) is 2. The van der Waals surface area contributed by atoms with Gasteiger partial charge in [-0.25, -0.2) is 0 Å². The summed E-state index contributed by atoms with van der Waals surface area (Å²) in [4.78, 5) is 4.86. The maximum absolute atomic E-state index is 9.48. The van der Waals surface area contributed by atoms with Crippen LogP contribution >= 0.6 is 11.3 Å². The number of rotatable bonds is 3. The van der Waals surface area contributed by atoms with Crippen LogP contribution < -0.4 is 0 Å². The van der Waals surface area contributed by atoms with Gasteiger partial charge in [0, 0.05) is 6.42 Å². The predicted molar refractivity (Wildman–Crippen MR) is 57.8 cm³/mol. The minimum atomic E-state index is 0.194. The zero-order valence-electron chi connectivity index (χ0n) is 8.60. The van der Waals surface area contributed by atoms with E-state index in [4.69, 9.17) is 4.52 Å². The van der Waals surface area contributed by atoms with Gasteiger partial charge in [0.2, 0.25) is 0 Å². The lowest BCUT2D eigenvalue weighted by Crippen LogP contribution is -1.95. The van der Waals surface area contributed by atoms with Crippen LogP contribution in [0.2, 0.25) is 0 Å². The summed E-state index contributed by atoms with van der Waals surface area (Å²) in [6.07, 6.45) is 0.787. The van der Waals surface area contributed by atoms with Crippen LogP contribution in [0.15, 0.2) is 16.0 Å². The zero-order chi connectivity index (χ0) is 10.8. The summed E-state index contributed by atoms with van der Waals surface area (Å²) >= 11 is 1.39. The van der Waals surface area contributed by atoms with E-state index >= 15 is 0 Å². The van der Waals surface area contributed by atoms with Gasteiger partial charge < -0.3 is 9.63 Å². The molecule has 0 fully saturated rings. The second-order valence-electron chi connectivity index (χ2n) is 3.75. The van der Waals surface area contributed by atoms with E-state index in [1.165, 1.54) is 11.3 Å². The molecule has 2 rings (SSSR count). The van der Waals surface area contributed by atoms with Crippen LogP contribution in [0.3, 0.4) is 0 Å². The van der Waals surface area contributed by atoms with Crippen LogP contribution in [0.5, 0.6) is 5.75 Å². The van der Waals surface area contributed by atoms with Crippen LogP contribution in [0.4, 0.5) is 0 Å². The van der Waals surface area contributed by atoms with Crippen molar-refractivity contribution in [3.63, 3.8) is 0 Å². The van der Waals surface area contributed by atoms with Crippen molar-refractivity contribution in [1.82, 2.24) is 10.1 Å². The lowest BCUT2D eigenvalue weighted by atomic mass is 10.1. The zero-order valence-corrected chi connectivity index (χ0v) is 9.41. The average molecular weight is 224 g/mol. The monoisotopic (exact) mass is 224 g/mol. The van der Waals surface area contributed by atoms with Gasteiger partial charge in [0.05, 0.1) is 0 Å². The quantitative estimate of drug-likeness (QED) is 0.870. The SMILES string of the molecule is CC(C)Cc1noc(-c2sccc2O)n1. The fourth-order valence-corrected chi connectivity index (χ4v) is 1.96. The Bertz CT molecular complexity index is 448. The summed E-state index contributed by atoms with van der Waals surface area (Å²) in [7, 11) is 0. The maximum atomic E-state index is 9.48. The van der Waals surface area contributed by atoms with Crippen LogP contribution in [0.1, 0.15) is 19.7 Å². The number of hydrogen-bond acceptors (Lipinski definition) is 5. The van der Waals surface area contributed by atoms with E-state index in [0.29, 0.717) is 22.5 Å². The molecule has 0 spiro atoms. The molecular weight excluding hydrogens is 212 g/mol. The highest BCUT2D eigenvalue weighted by atomic mass is 32.1. The van der Waals surface area contributed by atoms with Crippen molar-refractivity contribution in [2.24, 2.45) is 5.92 Å². The molecule has 0 unspecified atom stereocenters. The summed E-state index contributed by atoms with van der Waals surface area (Å²) in [6.45, 7) is 4.19. The molecule has 0 aliphatic heterocycles. The van der Waals surface area contributed by atoms with Gasteiger partial charge in [0.15, 0.2) is 5.82 Å². The Labute approximate surface area is 91.6 Å². The van der Waals surface area contributed by atoms with Gasteiger partial charge in [-0.3, -0.25) is 0 Å². The van der Waals surface area contributed by atoms with E-state index in [1.54, 1.807) is 11.4 Å². The number of thiophene rings is 1. The van der Waals surface area contributed by atoms with Gasteiger partial charge in [-0.2, -0.15) is 4.98 Å². The maximum Gasteiger partial charge on any atom is 0.271 e. The normalized spacial score (nSPS) is 11.1. The predicted octanol–water partition coefficient (Wildman–Crippen LogP) is 2.70. The molecule has 2 aromatic heterocycles. The third-order valence-corrected chi connectivity index (χ3v) is 2.79. The molecule has 80 valence electrons. The third-order valence-electron chi connectivity index (χ3n) is 1.90. The van der Waals surface area contributed by atoms with Crippen molar-refractivity contribution in [3.8, 4) is 16.5 Å². The van der Waals surface area contributed by atoms with Crippen molar-refractivity contribution in [2.75, 3.05) is 0 Å². The average Bonchev–Trinajstić information content (AvgIpc) is 2.72. The van der Waals surface area contributed by atoms with Gasteiger partial charge in [-0.15, -0.1) is 11.3 Å². The molecule has 0 bridgehead atoms. The highest BCUT2D eigenvalue weighted by molar-refractivity contribution is 7.13. The Morgan fingerprint density at radius 3 is 2.93 bits per heavy atom. The van der Waals surface area contributed by atoms with Crippen LogP contribution in [-0.2, 0) is 6.42 Å². The summed E-state index contributed by atoms with van der Waals surface area (Å²) in [6, 6.07) is 1.62. The standard InChI is InChI=1S/C10H12N2O2S/c1-6(2)5-8-11-10(14-12-8)9-7(13)3-4-15-9/h3-4,6,13H,5H2,1-2H3. The molecule has 0 aliphatic carbocycles. The molecule has 0 radical (unpaired) electrons. The topological polar surface area (TPSA) is 59.2 Å². The van der Waals surface area contributed by atoms with Crippen LogP contribution in [-0.4, -0.2) is 15.2 Å². The van der Waals surface area contributed by atoms with Gasteiger partial charge in [0.25, 0.3) is 5.89 Å². The van der Waals surface area contributed by atoms with Crippen molar-refractivity contribution >= 4 is 11.3 Å². The molecule has 2 aromatic rings.